The van der Waals surface area contributed by atoms with Crippen molar-refractivity contribution in [3.63, 3.8) is 0 Å². The van der Waals surface area contributed by atoms with Crippen LogP contribution in [0.15, 0.2) is 24.3 Å². The number of hydrogen-bond donors (Lipinski definition) is 2. The average Bonchev–Trinajstić information content (AvgIpc) is 2.18. The number of carbonyl (C=O) groups is 1. The van der Waals surface area contributed by atoms with Crippen molar-refractivity contribution in [2.75, 3.05) is 0 Å². The minimum absolute atomic E-state index is 0.00435. The van der Waals surface area contributed by atoms with E-state index in [4.69, 9.17) is 5.73 Å². The van der Waals surface area contributed by atoms with Crippen molar-refractivity contribution in [3.05, 3.63) is 35.4 Å². The summed E-state index contributed by atoms with van der Waals surface area (Å²) in [6, 6.07) is 7.54. The van der Waals surface area contributed by atoms with E-state index in [1.165, 1.54) is 5.56 Å². The van der Waals surface area contributed by atoms with E-state index in [9.17, 15) is 4.79 Å². The smallest absolute Gasteiger partial charge is 0.237 e. The van der Waals surface area contributed by atoms with Crippen molar-refractivity contribution in [1.29, 1.82) is 0 Å². The Bertz CT molecular complexity index is 347. The van der Waals surface area contributed by atoms with Crippen LogP contribution in [0.4, 0.5) is 0 Å². The Kier molecular flexibility index (Phi) is 3.86. The third kappa shape index (κ3) is 3.06. The highest BCUT2D eigenvalue weighted by Crippen LogP contribution is 2.16. The van der Waals surface area contributed by atoms with E-state index in [1.54, 1.807) is 6.92 Å². The molecule has 0 unspecified atom stereocenters. The summed E-state index contributed by atoms with van der Waals surface area (Å²) in [5, 5.41) is 2.87. The Hall–Kier alpha value is -1.35. The molecule has 2 atom stereocenters. The molecule has 0 aromatic heterocycles. The maximum absolute atomic E-state index is 11.4. The molecular weight excluding hydrogens is 188 g/mol. The second kappa shape index (κ2) is 4.94. The zero-order valence-electron chi connectivity index (χ0n) is 9.45. The number of benzene rings is 1. The van der Waals surface area contributed by atoms with Crippen LogP contribution in [0.25, 0.3) is 0 Å². The second-order valence-electron chi connectivity index (χ2n) is 3.88. The van der Waals surface area contributed by atoms with Crippen LogP contribution < -0.4 is 11.1 Å². The number of nitrogens with one attached hydrogen (secondary N) is 1. The Balaban J connectivity index is 2.73. The summed E-state index contributed by atoms with van der Waals surface area (Å²) in [6.07, 6.45) is 0. The van der Waals surface area contributed by atoms with E-state index in [-0.39, 0.29) is 11.9 Å². The van der Waals surface area contributed by atoms with Gasteiger partial charge in [0, 0.05) is 0 Å². The zero-order chi connectivity index (χ0) is 11.4. The monoisotopic (exact) mass is 206 g/mol. The standard InChI is InChI=1S/C12H18N2O/c1-8-6-4-5-7-11(8)10(3)14-12(15)9(2)13/h4-7,9-10H,13H2,1-3H3,(H,14,15)/t9-,10-/m0/s1. The van der Waals surface area contributed by atoms with Crippen molar-refractivity contribution >= 4 is 5.91 Å². The van der Waals surface area contributed by atoms with E-state index >= 15 is 0 Å². The van der Waals surface area contributed by atoms with Crippen LogP contribution in [-0.4, -0.2) is 11.9 Å². The zero-order valence-corrected chi connectivity index (χ0v) is 9.45. The van der Waals surface area contributed by atoms with Gasteiger partial charge in [0.1, 0.15) is 0 Å². The molecule has 15 heavy (non-hydrogen) atoms. The number of nitrogens with two attached hydrogens (primary N) is 1. The Morgan fingerprint density at radius 2 is 1.93 bits per heavy atom. The van der Waals surface area contributed by atoms with Crippen LogP contribution in [0.1, 0.15) is 31.0 Å². The predicted molar refractivity (Wildman–Crippen MR) is 61.4 cm³/mol. The van der Waals surface area contributed by atoms with Gasteiger partial charge >= 0.3 is 0 Å². The molecule has 1 amide bonds. The number of aryl methyl sites for hydroxylation is 1. The van der Waals surface area contributed by atoms with Gasteiger partial charge in [-0.3, -0.25) is 4.79 Å². The predicted octanol–water partition coefficient (Wildman–Crippen LogP) is 1.52. The van der Waals surface area contributed by atoms with Gasteiger partial charge in [0.15, 0.2) is 0 Å². The van der Waals surface area contributed by atoms with E-state index in [1.807, 2.05) is 38.1 Å². The van der Waals surface area contributed by atoms with Gasteiger partial charge in [-0.2, -0.15) is 0 Å². The van der Waals surface area contributed by atoms with Crippen molar-refractivity contribution in [3.8, 4) is 0 Å². The normalized spacial score (nSPS) is 14.4. The van der Waals surface area contributed by atoms with Crippen molar-refractivity contribution in [1.82, 2.24) is 5.32 Å². The molecular formula is C12H18N2O. The Morgan fingerprint density at radius 1 is 1.33 bits per heavy atom. The quantitative estimate of drug-likeness (QED) is 0.787. The van der Waals surface area contributed by atoms with Crippen LogP contribution in [-0.2, 0) is 4.79 Å². The maximum atomic E-state index is 11.4. The topological polar surface area (TPSA) is 55.1 Å². The van der Waals surface area contributed by atoms with E-state index in [0.29, 0.717) is 0 Å². The lowest BCUT2D eigenvalue weighted by Gasteiger charge is -2.17. The lowest BCUT2D eigenvalue weighted by Crippen LogP contribution is -2.39. The largest absolute Gasteiger partial charge is 0.348 e. The first-order chi connectivity index (χ1) is 7.02. The van der Waals surface area contributed by atoms with Gasteiger partial charge in [-0.25, -0.2) is 0 Å². The fourth-order valence-electron chi connectivity index (χ4n) is 1.50. The lowest BCUT2D eigenvalue weighted by molar-refractivity contribution is -0.122. The molecule has 3 nitrogen and oxygen atoms in total. The highest BCUT2D eigenvalue weighted by molar-refractivity contribution is 5.81. The summed E-state index contributed by atoms with van der Waals surface area (Å²) in [7, 11) is 0. The van der Waals surface area contributed by atoms with Crippen molar-refractivity contribution < 1.29 is 4.79 Å². The van der Waals surface area contributed by atoms with E-state index in [0.717, 1.165) is 5.56 Å². The van der Waals surface area contributed by atoms with Gasteiger partial charge in [-0.1, -0.05) is 24.3 Å². The van der Waals surface area contributed by atoms with Crippen molar-refractivity contribution in [2.45, 2.75) is 32.9 Å². The molecule has 3 N–H and O–H groups in total. The van der Waals surface area contributed by atoms with Crippen LogP contribution >= 0.6 is 0 Å². The molecule has 0 spiro atoms. The van der Waals surface area contributed by atoms with Gasteiger partial charge in [-0.05, 0) is 31.9 Å². The van der Waals surface area contributed by atoms with Gasteiger partial charge in [-0.15, -0.1) is 0 Å². The summed E-state index contributed by atoms with van der Waals surface area (Å²) < 4.78 is 0. The lowest BCUT2D eigenvalue weighted by atomic mass is 10.0. The average molecular weight is 206 g/mol. The van der Waals surface area contributed by atoms with E-state index in [2.05, 4.69) is 5.32 Å². The number of rotatable bonds is 3. The molecule has 0 fully saturated rings. The second-order valence-corrected chi connectivity index (χ2v) is 3.88. The molecule has 1 aromatic carbocycles. The summed E-state index contributed by atoms with van der Waals surface area (Å²) in [5.41, 5.74) is 7.80. The van der Waals surface area contributed by atoms with Crippen LogP contribution in [0.5, 0.6) is 0 Å². The van der Waals surface area contributed by atoms with Crippen molar-refractivity contribution in [2.24, 2.45) is 5.73 Å². The van der Waals surface area contributed by atoms with E-state index < -0.39 is 6.04 Å². The summed E-state index contributed by atoms with van der Waals surface area (Å²) in [5.74, 6) is -0.120. The van der Waals surface area contributed by atoms with Crippen LogP contribution in [0, 0.1) is 6.92 Å². The first-order valence-corrected chi connectivity index (χ1v) is 5.14. The van der Waals surface area contributed by atoms with Crippen LogP contribution in [0.2, 0.25) is 0 Å². The first-order valence-electron chi connectivity index (χ1n) is 5.14. The molecule has 0 radical (unpaired) electrons. The molecule has 0 saturated heterocycles. The van der Waals surface area contributed by atoms with Gasteiger partial charge in [0.25, 0.3) is 0 Å². The molecule has 3 heteroatoms. The van der Waals surface area contributed by atoms with Crippen LogP contribution in [0.3, 0.4) is 0 Å². The third-order valence-electron chi connectivity index (χ3n) is 2.43. The highest BCUT2D eigenvalue weighted by Gasteiger charge is 2.13. The molecule has 1 rings (SSSR count). The minimum atomic E-state index is -0.462. The number of amides is 1. The number of carbonyl (C=O) groups excluding carboxylic acids is 1. The summed E-state index contributed by atoms with van der Waals surface area (Å²) >= 11 is 0. The Morgan fingerprint density at radius 3 is 2.47 bits per heavy atom. The van der Waals surface area contributed by atoms with Gasteiger partial charge < -0.3 is 11.1 Å². The summed E-state index contributed by atoms with van der Waals surface area (Å²) in [4.78, 5) is 11.4. The molecule has 0 saturated carbocycles. The fraction of sp³-hybridized carbons (Fsp3) is 0.417. The minimum Gasteiger partial charge on any atom is -0.348 e. The Labute approximate surface area is 90.7 Å². The number of hydrogen-bond acceptors (Lipinski definition) is 2. The van der Waals surface area contributed by atoms with Gasteiger partial charge in [0.2, 0.25) is 5.91 Å². The third-order valence-corrected chi connectivity index (χ3v) is 2.43. The molecule has 0 aliphatic heterocycles. The molecule has 82 valence electrons. The SMILES string of the molecule is Cc1ccccc1[C@H](C)NC(=O)[C@H](C)N. The maximum Gasteiger partial charge on any atom is 0.237 e. The van der Waals surface area contributed by atoms with Gasteiger partial charge in [0.05, 0.1) is 12.1 Å². The molecule has 0 bridgehead atoms. The molecule has 0 aliphatic carbocycles. The molecule has 0 aliphatic rings. The highest BCUT2D eigenvalue weighted by atomic mass is 16.2. The fourth-order valence-corrected chi connectivity index (χ4v) is 1.50. The summed E-state index contributed by atoms with van der Waals surface area (Å²) in [6.45, 7) is 5.67. The first kappa shape index (κ1) is 11.7. The molecule has 0 heterocycles. The molecule has 1 aromatic rings.